The first-order chi connectivity index (χ1) is 11.0. The molecule has 0 bridgehead atoms. The van der Waals surface area contributed by atoms with Crippen molar-refractivity contribution in [1.82, 2.24) is 10.7 Å². The monoisotopic (exact) mass is 457 g/mol. The number of benzene rings is 2. The third-order valence-corrected chi connectivity index (χ3v) is 4.45. The second-order valence-electron chi connectivity index (χ2n) is 4.50. The highest BCUT2D eigenvalue weighted by molar-refractivity contribution is 9.11. The lowest BCUT2D eigenvalue weighted by Crippen LogP contribution is -2.31. The van der Waals surface area contributed by atoms with Gasteiger partial charge in [0.25, 0.3) is 0 Å². The maximum Gasteiger partial charge on any atom is 0.187 e. The number of thiocarbonyl (C=S) groups is 1. The highest BCUT2D eigenvalue weighted by atomic mass is 79.9. The van der Waals surface area contributed by atoms with Crippen molar-refractivity contribution < 1.29 is 10.2 Å². The molecule has 2 aromatic rings. The molecule has 0 aliphatic rings. The molecule has 2 rings (SSSR count). The van der Waals surface area contributed by atoms with E-state index >= 15 is 0 Å². The van der Waals surface area contributed by atoms with Gasteiger partial charge in [0.1, 0.15) is 16.0 Å². The van der Waals surface area contributed by atoms with Gasteiger partial charge in [-0.15, -0.1) is 0 Å². The maximum absolute atomic E-state index is 9.92. The topological polar surface area (TPSA) is 76.9 Å². The number of hydrogen-bond acceptors (Lipinski definition) is 4. The van der Waals surface area contributed by atoms with Gasteiger partial charge in [-0.1, -0.05) is 30.3 Å². The summed E-state index contributed by atoms with van der Waals surface area (Å²) in [6, 6.07) is 11.4. The van der Waals surface area contributed by atoms with Crippen LogP contribution >= 0.6 is 44.1 Å². The summed E-state index contributed by atoms with van der Waals surface area (Å²) >= 11 is 11.4. The fourth-order valence-electron chi connectivity index (χ4n) is 1.69. The summed E-state index contributed by atoms with van der Waals surface area (Å²) in [5.74, 6) is -0.188. The fraction of sp³-hybridized carbons (Fsp3) is 0.0667. The van der Waals surface area contributed by atoms with Crippen molar-refractivity contribution in [2.24, 2.45) is 5.10 Å². The Labute approximate surface area is 155 Å². The Bertz CT molecular complexity index is 739. The van der Waals surface area contributed by atoms with Crippen molar-refractivity contribution in [2.75, 3.05) is 0 Å². The van der Waals surface area contributed by atoms with Crippen molar-refractivity contribution in [3.05, 3.63) is 56.5 Å². The van der Waals surface area contributed by atoms with Crippen molar-refractivity contribution in [3.63, 3.8) is 0 Å². The van der Waals surface area contributed by atoms with E-state index in [0.717, 1.165) is 5.56 Å². The second-order valence-corrected chi connectivity index (χ2v) is 6.55. The maximum atomic E-state index is 9.92. The molecule has 5 nitrogen and oxygen atoms in total. The molecule has 0 heterocycles. The van der Waals surface area contributed by atoms with Crippen LogP contribution in [0.1, 0.15) is 11.1 Å². The van der Waals surface area contributed by atoms with Gasteiger partial charge in [0.05, 0.1) is 10.7 Å². The van der Waals surface area contributed by atoms with E-state index in [1.54, 1.807) is 6.07 Å². The Hall–Kier alpha value is -1.64. The zero-order valence-corrected chi connectivity index (χ0v) is 15.7. The Balaban J connectivity index is 1.93. The van der Waals surface area contributed by atoms with E-state index < -0.39 is 0 Å². The molecule has 0 aliphatic carbocycles. The van der Waals surface area contributed by atoms with Crippen LogP contribution in [0.5, 0.6) is 11.5 Å². The first kappa shape index (κ1) is 17.7. The molecule has 0 spiro atoms. The van der Waals surface area contributed by atoms with Crippen LogP contribution in [0.25, 0.3) is 0 Å². The lowest BCUT2D eigenvalue weighted by Gasteiger charge is -2.08. The van der Waals surface area contributed by atoms with Crippen LogP contribution < -0.4 is 10.7 Å². The number of nitrogens with one attached hydrogen (secondary N) is 2. The molecule has 0 fully saturated rings. The van der Waals surface area contributed by atoms with Gasteiger partial charge >= 0.3 is 0 Å². The predicted octanol–water partition coefficient (Wildman–Crippen LogP) is 3.62. The van der Waals surface area contributed by atoms with Gasteiger partial charge in [-0.25, -0.2) is 0 Å². The Morgan fingerprint density at radius 2 is 1.87 bits per heavy atom. The molecule has 0 unspecified atom stereocenters. The number of aromatic hydroxyl groups is 2. The van der Waals surface area contributed by atoms with E-state index in [1.165, 1.54) is 6.21 Å². The molecule has 120 valence electrons. The lowest BCUT2D eigenvalue weighted by molar-refractivity contribution is 0.442. The van der Waals surface area contributed by atoms with E-state index in [-0.39, 0.29) is 16.0 Å². The average Bonchev–Trinajstić information content (AvgIpc) is 2.56. The molecule has 23 heavy (non-hydrogen) atoms. The van der Waals surface area contributed by atoms with Gasteiger partial charge in [-0.3, -0.25) is 5.43 Å². The summed E-state index contributed by atoms with van der Waals surface area (Å²) in [5, 5.41) is 26.9. The summed E-state index contributed by atoms with van der Waals surface area (Å²) in [7, 11) is 0. The van der Waals surface area contributed by atoms with Crippen molar-refractivity contribution in [1.29, 1.82) is 0 Å². The molecule has 0 aliphatic heterocycles. The van der Waals surface area contributed by atoms with Gasteiger partial charge in [-0.05, 0) is 55.7 Å². The Morgan fingerprint density at radius 3 is 2.57 bits per heavy atom. The fourth-order valence-corrected chi connectivity index (χ4v) is 2.97. The minimum Gasteiger partial charge on any atom is -0.506 e. The van der Waals surface area contributed by atoms with Crippen molar-refractivity contribution in [3.8, 4) is 11.5 Å². The lowest BCUT2D eigenvalue weighted by atomic mass is 10.2. The summed E-state index contributed by atoms with van der Waals surface area (Å²) in [4.78, 5) is 0. The number of hydrazone groups is 1. The third kappa shape index (κ3) is 4.92. The molecule has 4 N–H and O–H groups in total. The second kappa shape index (κ2) is 8.28. The van der Waals surface area contributed by atoms with Crippen LogP contribution in [-0.4, -0.2) is 21.5 Å². The molecule has 0 saturated heterocycles. The van der Waals surface area contributed by atoms with Crippen LogP contribution in [0.3, 0.4) is 0 Å². The smallest absolute Gasteiger partial charge is 0.187 e. The summed E-state index contributed by atoms with van der Waals surface area (Å²) in [5.41, 5.74) is 4.19. The predicted molar refractivity (Wildman–Crippen MR) is 102 cm³/mol. The number of halogens is 2. The van der Waals surface area contributed by atoms with E-state index in [0.29, 0.717) is 21.7 Å². The van der Waals surface area contributed by atoms with Gasteiger partial charge in [0, 0.05) is 12.1 Å². The number of nitrogens with zero attached hydrogens (tertiary/aromatic N) is 1. The van der Waals surface area contributed by atoms with Crippen molar-refractivity contribution >= 4 is 55.4 Å². The van der Waals surface area contributed by atoms with Gasteiger partial charge < -0.3 is 15.5 Å². The molecule has 2 aromatic carbocycles. The Kier molecular flexibility index (Phi) is 6.37. The quantitative estimate of drug-likeness (QED) is 0.320. The summed E-state index contributed by atoms with van der Waals surface area (Å²) < 4.78 is 0.631. The highest BCUT2D eigenvalue weighted by Gasteiger charge is 2.12. The first-order valence-electron chi connectivity index (χ1n) is 6.49. The molecule has 0 aromatic heterocycles. The number of hydrogen-bond donors (Lipinski definition) is 4. The minimum absolute atomic E-state index is 0.0762. The normalized spacial score (nSPS) is 10.7. The van der Waals surface area contributed by atoms with Gasteiger partial charge in [0.15, 0.2) is 5.11 Å². The molecular formula is C15H13Br2N3O2S. The largest absolute Gasteiger partial charge is 0.506 e. The zero-order chi connectivity index (χ0) is 16.8. The SMILES string of the molecule is Oc1c(Br)cc(/C=N/NC(=S)NCc2ccccc2)c(O)c1Br. The number of rotatable bonds is 4. The van der Waals surface area contributed by atoms with Crippen molar-refractivity contribution in [2.45, 2.75) is 6.54 Å². The minimum atomic E-state index is -0.112. The molecule has 0 saturated carbocycles. The molecule has 0 atom stereocenters. The van der Waals surface area contributed by atoms with E-state index in [2.05, 4.69) is 47.7 Å². The third-order valence-electron chi connectivity index (χ3n) is 2.86. The number of phenolic OH excluding ortho intramolecular Hbond substituents is 2. The Morgan fingerprint density at radius 1 is 1.17 bits per heavy atom. The molecule has 8 heteroatoms. The van der Waals surface area contributed by atoms with E-state index in [4.69, 9.17) is 12.2 Å². The van der Waals surface area contributed by atoms with Gasteiger partial charge in [0.2, 0.25) is 0 Å². The van der Waals surface area contributed by atoms with Crippen LogP contribution in [0, 0.1) is 0 Å². The molecule has 0 amide bonds. The van der Waals surface area contributed by atoms with E-state index in [9.17, 15) is 10.2 Å². The van der Waals surface area contributed by atoms with Gasteiger partial charge in [-0.2, -0.15) is 5.10 Å². The van der Waals surface area contributed by atoms with Crippen LogP contribution in [-0.2, 0) is 6.54 Å². The first-order valence-corrected chi connectivity index (χ1v) is 8.49. The van der Waals surface area contributed by atoms with Crippen LogP contribution in [0.4, 0.5) is 0 Å². The summed E-state index contributed by atoms with van der Waals surface area (Å²) in [6.07, 6.45) is 1.40. The number of phenols is 2. The molecular weight excluding hydrogens is 446 g/mol. The average molecular weight is 459 g/mol. The van der Waals surface area contributed by atoms with Crippen LogP contribution in [0.15, 0.2) is 50.4 Å². The highest BCUT2D eigenvalue weighted by Crippen LogP contribution is 2.40. The molecule has 0 radical (unpaired) electrons. The zero-order valence-electron chi connectivity index (χ0n) is 11.8. The van der Waals surface area contributed by atoms with Crippen LogP contribution in [0.2, 0.25) is 0 Å². The summed E-state index contributed by atoms with van der Waals surface area (Å²) in [6.45, 7) is 0.587. The van der Waals surface area contributed by atoms with E-state index in [1.807, 2.05) is 30.3 Å². The standard InChI is InChI=1S/C15H13Br2N3O2S/c16-11-6-10(13(21)12(17)14(11)22)8-19-20-15(23)18-7-9-4-2-1-3-5-9/h1-6,8,21-22H,7H2,(H2,18,20,23)/b19-8+.